The van der Waals surface area contributed by atoms with E-state index in [4.69, 9.17) is 11.6 Å². The summed E-state index contributed by atoms with van der Waals surface area (Å²) in [4.78, 5) is 0.521. The van der Waals surface area contributed by atoms with E-state index >= 15 is 0 Å². The van der Waals surface area contributed by atoms with Crippen molar-refractivity contribution in [1.82, 2.24) is 0 Å². The summed E-state index contributed by atoms with van der Waals surface area (Å²) in [5.41, 5.74) is 0.281. The van der Waals surface area contributed by atoms with Crippen molar-refractivity contribution in [2.75, 3.05) is 0 Å². The zero-order valence-electron chi connectivity index (χ0n) is 7.95. The standard InChI is InChI=1S/C11H7ClF2OS/c12-7-3-4-16-11(7)10(15)6-1-2-8(13)9(14)5-6/h1-5,10,15H. The van der Waals surface area contributed by atoms with Gasteiger partial charge in [0.05, 0.1) is 9.90 Å². The maximum atomic E-state index is 13.0. The number of thiophene rings is 1. The first kappa shape index (κ1) is 11.5. The molecule has 0 aliphatic heterocycles. The van der Waals surface area contributed by atoms with E-state index in [0.29, 0.717) is 9.90 Å². The zero-order valence-corrected chi connectivity index (χ0v) is 9.53. The van der Waals surface area contributed by atoms with Gasteiger partial charge >= 0.3 is 0 Å². The van der Waals surface area contributed by atoms with Crippen molar-refractivity contribution < 1.29 is 13.9 Å². The maximum absolute atomic E-state index is 13.0. The molecule has 0 fully saturated rings. The molecule has 0 saturated carbocycles. The van der Waals surface area contributed by atoms with Gasteiger partial charge in [-0.3, -0.25) is 0 Å². The number of halogens is 3. The van der Waals surface area contributed by atoms with Crippen LogP contribution in [0.5, 0.6) is 0 Å². The molecule has 16 heavy (non-hydrogen) atoms. The van der Waals surface area contributed by atoms with Gasteiger partial charge in [0, 0.05) is 0 Å². The molecule has 1 aromatic carbocycles. The molecule has 1 aromatic heterocycles. The number of hydrogen-bond acceptors (Lipinski definition) is 2. The van der Waals surface area contributed by atoms with Crippen molar-refractivity contribution in [3.63, 3.8) is 0 Å². The monoisotopic (exact) mass is 260 g/mol. The lowest BCUT2D eigenvalue weighted by Crippen LogP contribution is -1.99. The van der Waals surface area contributed by atoms with Crippen LogP contribution in [0.1, 0.15) is 16.5 Å². The Labute approximate surface area is 99.9 Å². The number of rotatable bonds is 2. The summed E-state index contributed by atoms with van der Waals surface area (Å²) in [6, 6.07) is 4.93. The van der Waals surface area contributed by atoms with Gasteiger partial charge < -0.3 is 5.11 Å². The van der Waals surface area contributed by atoms with Gasteiger partial charge in [-0.1, -0.05) is 17.7 Å². The summed E-state index contributed by atoms with van der Waals surface area (Å²) in [5, 5.41) is 12.1. The van der Waals surface area contributed by atoms with Crippen LogP contribution in [-0.2, 0) is 0 Å². The molecule has 5 heteroatoms. The summed E-state index contributed by atoms with van der Waals surface area (Å²) in [6.07, 6.45) is -1.03. The van der Waals surface area contributed by atoms with Crippen LogP contribution in [-0.4, -0.2) is 5.11 Å². The van der Waals surface area contributed by atoms with Crippen LogP contribution in [0, 0.1) is 11.6 Å². The smallest absolute Gasteiger partial charge is 0.159 e. The van der Waals surface area contributed by atoms with Crippen molar-refractivity contribution in [3.8, 4) is 0 Å². The van der Waals surface area contributed by atoms with Gasteiger partial charge in [-0.25, -0.2) is 8.78 Å². The average Bonchev–Trinajstić information content (AvgIpc) is 2.67. The number of benzene rings is 1. The van der Waals surface area contributed by atoms with E-state index in [-0.39, 0.29) is 5.56 Å². The molecule has 0 saturated heterocycles. The second-order valence-corrected chi connectivity index (χ2v) is 4.56. The molecule has 0 aliphatic carbocycles. The topological polar surface area (TPSA) is 20.2 Å². The van der Waals surface area contributed by atoms with Crippen molar-refractivity contribution in [3.05, 3.63) is 56.7 Å². The van der Waals surface area contributed by atoms with E-state index in [1.807, 2.05) is 0 Å². The highest BCUT2D eigenvalue weighted by Gasteiger charge is 2.16. The quantitative estimate of drug-likeness (QED) is 0.872. The van der Waals surface area contributed by atoms with E-state index < -0.39 is 17.7 Å². The molecule has 0 radical (unpaired) electrons. The fraction of sp³-hybridized carbons (Fsp3) is 0.0909. The lowest BCUT2D eigenvalue weighted by Gasteiger charge is -2.09. The molecular weight excluding hydrogens is 254 g/mol. The Balaban J connectivity index is 2.38. The van der Waals surface area contributed by atoms with Gasteiger partial charge in [-0.05, 0) is 29.1 Å². The molecule has 1 atom stereocenters. The first-order chi connectivity index (χ1) is 7.59. The van der Waals surface area contributed by atoms with Crippen molar-refractivity contribution in [2.45, 2.75) is 6.10 Å². The van der Waals surface area contributed by atoms with Crippen molar-refractivity contribution >= 4 is 22.9 Å². The third-order valence-corrected chi connectivity index (χ3v) is 3.56. The fourth-order valence-corrected chi connectivity index (χ4v) is 2.51. The summed E-state index contributed by atoms with van der Waals surface area (Å²) < 4.78 is 25.7. The van der Waals surface area contributed by atoms with Gasteiger partial charge in [0.25, 0.3) is 0 Å². The second-order valence-electron chi connectivity index (χ2n) is 3.21. The number of aliphatic hydroxyl groups is 1. The number of aliphatic hydroxyl groups excluding tert-OH is 1. The van der Waals surface area contributed by atoms with E-state index in [2.05, 4.69) is 0 Å². The molecular formula is C11H7ClF2OS. The summed E-state index contributed by atoms with van der Waals surface area (Å²) in [6.45, 7) is 0. The molecule has 84 valence electrons. The zero-order chi connectivity index (χ0) is 11.7. The minimum Gasteiger partial charge on any atom is -0.383 e. The minimum absolute atomic E-state index is 0.281. The summed E-state index contributed by atoms with van der Waals surface area (Å²) in [7, 11) is 0. The minimum atomic E-state index is -1.03. The fourth-order valence-electron chi connectivity index (χ4n) is 1.33. The highest BCUT2D eigenvalue weighted by atomic mass is 35.5. The number of hydrogen-bond donors (Lipinski definition) is 1. The Kier molecular flexibility index (Phi) is 3.23. The third kappa shape index (κ3) is 2.09. The molecule has 0 bridgehead atoms. The van der Waals surface area contributed by atoms with Crippen LogP contribution >= 0.6 is 22.9 Å². The summed E-state index contributed by atoms with van der Waals surface area (Å²) >= 11 is 7.10. The molecule has 1 nitrogen and oxygen atoms in total. The van der Waals surface area contributed by atoms with E-state index in [1.54, 1.807) is 11.4 Å². The normalized spacial score (nSPS) is 12.8. The Hall–Kier alpha value is -0.970. The van der Waals surface area contributed by atoms with E-state index in [0.717, 1.165) is 12.1 Å². The van der Waals surface area contributed by atoms with Crippen molar-refractivity contribution in [1.29, 1.82) is 0 Å². The van der Waals surface area contributed by atoms with Gasteiger partial charge in [0.15, 0.2) is 11.6 Å². The Bertz CT molecular complexity index is 512. The molecule has 1 heterocycles. The molecule has 0 aliphatic rings. The molecule has 0 amide bonds. The molecule has 2 aromatic rings. The lowest BCUT2D eigenvalue weighted by atomic mass is 10.1. The summed E-state index contributed by atoms with van der Waals surface area (Å²) in [5.74, 6) is -1.92. The SMILES string of the molecule is OC(c1ccc(F)c(F)c1)c1sccc1Cl. The first-order valence-corrected chi connectivity index (χ1v) is 5.71. The van der Waals surface area contributed by atoms with Crippen LogP contribution in [0.15, 0.2) is 29.6 Å². The molecule has 1 N–H and O–H groups in total. The maximum Gasteiger partial charge on any atom is 0.159 e. The highest BCUT2D eigenvalue weighted by molar-refractivity contribution is 7.10. The molecule has 2 rings (SSSR count). The van der Waals surface area contributed by atoms with Gasteiger partial charge in [0.2, 0.25) is 0 Å². The van der Waals surface area contributed by atoms with E-state index in [1.165, 1.54) is 17.4 Å². The van der Waals surface area contributed by atoms with Crippen LogP contribution in [0.3, 0.4) is 0 Å². The highest BCUT2D eigenvalue weighted by Crippen LogP contribution is 2.33. The molecule has 0 spiro atoms. The van der Waals surface area contributed by atoms with Gasteiger partial charge in [-0.15, -0.1) is 11.3 Å². The van der Waals surface area contributed by atoms with Crippen LogP contribution in [0.2, 0.25) is 5.02 Å². The lowest BCUT2D eigenvalue weighted by molar-refractivity contribution is 0.223. The predicted molar refractivity (Wildman–Crippen MR) is 59.7 cm³/mol. The Morgan fingerprint density at radius 1 is 1.19 bits per heavy atom. The average molecular weight is 261 g/mol. The Morgan fingerprint density at radius 3 is 2.50 bits per heavy atom. The molecule has 1 unspecified atom stereocenters. The van der Waals surface area contributed by atoms with E-state index in [9.17, 15) is 13.9 Å². The third-order valence-electron chi connectivity index (χ3n) is 2.15. The Morgan fingerprint density at radius 2 is 1.94 bits per heavy atom. The van der Waals surface area contributed by atoms with Crippen LogP contribution in [0.4, 0.5) is 8.78 Å². The van der Waals surface area contributed by atoms with Crippen LogP contribution < -0.4 is 0 Å². The van der Waals surface area contributed by atoms with Gasteiger partial charge in [0.1, 0.15) is 6.10 Å². The van der Waals surface area contributed by atoms with Gasteiger partial charge in [-0.2, -0.15) is 0 Å². The van der Waals surface area contributed by atoms with Crippen LogP contribution in [0.25, 0.3) is 0 Å². The first-order valence-electron chi connectivity index (χ1n) is 4.45. The van der Waals surface area contributed by atoms with Crippen molar-refractivity contribution in [2.24, 2.45) is 0 Å². The second kappa shape index (κ2) is 4.49. The largest absolute Gasteiger partial charge is 0.383 e. The predicted octanol–water partition coefficient (Wildman–Crippen LogP) is 3.76.